The van der Waals surface area contributed by atoms with Crippen LogP contribution >= 0.6 is 0 Å². The van der Waals surface area contributed by atoms with Crippen molar-refractivity contribution < 1.29 is 0 Å². The average Bonchev–Trinajstić information content (AvgIpc) is 2.51. The van der Waals surface area contributed by atoms with Gasteiger partial charge in [-0.25, -0.2) is 0 Å². The number of aryl methyl sites for hydroxylation is 1. The molecule has 0 bridgehead atoms. The summed E-state index contributed by atoms with van der Waals surface area (Å²) in [6.45, 7) is 3.43. The zero-order valence-electron chi connectivity index (χ0n) is 8.30. The summed E-state index contributed by atoms with van der Waals surface area (Å²) in [5, 5.41) is 4.42. The number of hydrogen-bond donors (Lipinski definition) is 3. The van der Waals surface area contributed by atoms with Crippen LogP contribution in [0.15, 0.2) is 24.3 Å². The molecule has 3 heteroatoms. The van der Waals surface area contributed by atoms with Crippen LogP contribution in [0.2, 0.25) is 0 Å². The molecular formula is C11H15N3. The second-order valence-corrected chi connectivity index (χ2v) is 3.41. The number of nitrogens with two attached hydrogens (primary N) is 1. The molecule has 0 aliphatic heterocycles. The quantitative estimate of drug-likeness (QED) is 0.641. The van der Waals surface area contributed by atoms with Gasteiger partial charge in [0.25, 0.3) is 0 Å². The average molecular weight is 189 g/mol. The number of rotatable bonds is 3. The lowest BCUT2D eigenvalue weighted by Gasteiger charge is -2.01. The molecular weight excluding hydrogens is 174 g/mol. The van der Waals surface area contributed by atoms with Crippen LogP contribution in [0.3, 0.4) is 0 Å². The molecule has 2 rings (SSSR count). The third kappa shape index (κ3) is 1.52. The van der Waals surface area contributed by atoms with Gasteiger partial charge >= 0.3 is 0 Å². The van der Waals surface area contributed by atoms with Crippen LogP contribution in [-0.4, -0.2) is 11.7 Å². The smallest absolute Gasteiger partial charge is 0.0459 e. The summed E-state index contributed by atoms with van der Waals surface area (Å²) in [6.07, 6.45) is 0. The van der Waals surface area contributed by atoms with E-state index in [9.17, 15) is 0 Å². The summed E-state index contributed by atoms with van der Waals surface area (Å²) in [5.74, 6) is 0. The molecule has 0 atom stereocenters. The molecule has 0 aliphatic rings. The fourth-order valence-electron chi connectivity index (χ4n) is 1.76. The van der Waals surface area contributed by atoms with Gasteiger partial charge in [-0.2, -0.15) is 0 Å². The topological polar surface area (TPSA) is 53.8 Å². The van der Waals surface area contributed by atoms with Crippen LogP contribution in [-0.2, 0) is 6.54 Å². The number of hydrogen-bond acceptors (Lipinski definition) is 2. The van der Waals surface area contributed by atoms with Crippen LogP contribution in [0.1, 0.15) is 11.3 Å². The summed E-state index contributed by atoms with van der Waals surface area (Å²) in [4.78, 5) is 3.36. The number of H-pyrrole nitrogens is 1. The molecule has 0 fully saturated rings. The van der Waals surface area contributed by atoms with Gasteiger partial charge in [-0.05, 0) is 18.6 Å². The van der Waals surface area contributed by atoms with Crippen molar-refractivity contribution in [2.45, 2.75) is 13.5 Å². The van der Waals surface area contributed by atoms with Crippen molar-refractivity contribution in [3.05, 3.63) is 35.5 Å². The zero-order chi connectivity index (χ0) is 9.97. The van der Waals surface area contributed by atoms with Crippen molar-refractivity contribution in [2.24, 2.45) is 5.73 Å². The lowest BCUT2D eigenvalue weighted by Crippen LogP contribution is -2.21. The molecule has 14 heavy (non-hydrogen) atoms. The Morgan fingerprint density at radius 3 is 2.93 bits per heavy atom. The van der Waals surface area contributed by atoms with E-state index in [2.05, 4.69) is 35.4 Å². The third-order valence-electron chi connectivity index (χ3n) is 2.47. The summed E-state index contributed by atoms with van der Waals surface area (Å²) >= 11 is 0. The molecule has 0 unspecified atom stereocenters. The Bertz CT molecular complexity index is 431. The van der Waals surface area contributed by atoms with Crippen molar-refractivity contribution in [1.82, 2.24) is 10.3 Å². The minimum Gasteiger partial charge on any atom is -0.358 e. The lowest BCUT2D eigenvalue weighted by atomic mass is 10.1. The first kappa shape index (κ1) is 9.24. The van der Waals surface area contributed by atoms with E-state index in [0.29, 0.717) is 6.67 Å². The van der Waals surface area contributed by atoms with Gasteiger partial charge in [0.15, 0.2) is 0 Å². The van der Waals surface area contributed by atoms with Gasteiger partial charge in [0.2, 0.25) is 0 Å². The Morgan fingerprint density at radius 1 is 1.36 bits per heavy atom. The number of para-hydroxylation sites is 1. The van der Waals surface area contributed by atoms with Gasteiger partial charge in [-0.15, -0.1) is 0 Å². The lowest BCUT2D eigenvalue weighted by molar-refractivity contribution is 0.709. The Morgan fingerprint density at radius 2 is 2.14 bits per heavy atom. The van der Waals surface area contributed by atoms with E-state index in [-0.39, 0.29) is 0 Å². The Balaban J connectivity index is 2.45. The first-order valence-corrected chi connectivity index (χ1v) is 4.80. The maximum Gasteiger partial charge on any atom is 0.0459 e. The van der Waals surface area contributed by atoms with E-state index in [1.54, 1.807) is 0 Å². The molecule has 1 aromatic heterocycles. The van der Waals surface area contributed by atoms with Gasteiger partial charge in [0, 0.05) is 29.8 Å². The third-order valence-corrected chi connectivity index (χ3v) is 2.47. The molecule has 0 amide bonds. The Kier molecular flexibility index (Phi) is 2.52. The molecule has 74 valence electrons. The second-order valence-electron chi connectivity index (χ2n) is 3.41. The summed E-state index contributed by atoms with van der Waals surface area (Å²) in [7, 11) is 0. The predicted molar refractivity (Wildman–Crippen MR) is 58.9 cm³/mol. The van der Waals surface area contributed by atoms with E-state index < -0.39 is 0 Å². The van der Waals surface area contributed by atoms with Crippen molar-refractivity contribution in [3.63, 3.8) is 0 Å². The highest BCUT2D eigenvalue weighted by molar-refractivity contribution is 5.84. The maximum absolute atomic E-state index is 5.42. The van der Waals surface area contributed by atoms with Gasteiger partial charge in [0.1, 0.15) is 0 Å². The standard InChI is InChI=1S/C11H15N3/c1-8-10(6-13-7-12)9-4-2-3-5-11(9)14-8/h2-5,13-14H,6-7,12H2,1H3. The molecule has 0 spiro atoms. The predicted octanol–water partition coefficient (Wildman–Crippen LogP) is 1.48. The minimum absolute atomic E-state index is 0.513. The zero-order valence-corrected chi connectivity index (χ0v) is 8.30. The van der Waals surface area contributed by atoms with E-state index in [1.807, 2.05) is 6.07 Å². The highest BCUT2D eigenvalue weighted by Gasteiger charge is 2.05. The first-order valence-electron chi connectivity index (χ1n) is 4.80. The van der Waals surface area contributed by atoms with Crippen LogP contribution in [0.4, 0.5) is 0 Å². The SMILES string of the molecule is Cc1[nH]c2ccccc2c1CNCN. The van der Waals surface area contributed by atoms with Crippen LogP contribution in [0, 0.1) is 6.92 Å². The van der Waals surface area contributed by atoms with Gasteiger partial charge in [-0.1, -0.05) is 18.2 Å². The van der Waals surface area contributed by atoms with Crippen LogP contribution in [0.25, 0.3) is 10.9 Å². The first-order chi connectivity index (χ1) is 6.83. The van der Waals surface area contributed by atoms with Crippen LogP contribution < -0.4 is 11.1 Å². The molecule has 0 aliphatic carbocycles. The van der Waals surface area contributed by atoms with E-state index in [4.69, 9.17) is 5.73 Å². The number of benzene rings is 1. The highest BCUT2D eigenvalue weighted by atomic mass is 15.0. The number of nitrogens with one attached hydrogen (secondary N) is 2. The fourth-order valence-corrected chi connectivity index (χ4v) is 1.76. The molecule has 3 nitrogen and oxygen atoms in total. The Labute approximate surface area is 83.3 Å². The van der Waals surface area contributed by atoms with Crippen molar-refractivity contribution >= 4 is 10.9 Å². The second kappa shape index (κ2) is 3.82. The van der Waals surface area contributed by atoms with E-state index >= 15 is 0 Å². The Hall–Kier alpha value is -1.32. The molecule has 2 aromatic rings. The van der Waals surface area contributed by atoms with Crippen molar-refractivity contribution in [1.29, 1.82) is 0 Å². The fraction of sp³-hybridized carbons (Fsp3) is 0.273. The van der Waals surface area contributed by atoms with Gasteiger partial charge in [-0.3, -0.25) is 0 Å². The minimum atomic E-state index is 0.513. The summed E-state index contributed by atoms with van der Waals surface area (Å²) in [6, 6.07) is 8.32. The largest absolute Gasteiger partial charge is 0.358 e. The van der Waals surface area contributed by atoms with Crippen molar-refractivity contribution in [2.75, 3.05) is 6.67 Å². The highest BCUT2D eigenvalue weighted by Crippen LogP contribution is 2.21. The summed E-state index contributed by atoms with van der Waals surface area (Å²) < 4.78 is 0. The van der Waals surface area contributed by atoms with Gasteiger partial charge in [0.05, 0.1) is 0 Å². The molecule has 0 saturated heterocycles. The summed E-state index contributed by atoms with van der Waals surface area (Å²) in [5.41, 5.74) is 9.14. The molecule has 4 N–H and O–H groups in total. The molecule has 1 aromatic carbocycles. The maximum atomic E-state index is 5.42. The number of aromatic nitrogens is 1. The van der Waals surface area contributed by atoms with Crippen LogP contribution in [0.5, 0.6) is 0 Å². The normalized spacial score (nSPS) is 11.0. The van der Waals surface area contributed by atoms with E-state index in [1.165, 1.54) is 22.2 Å². The molecule has 0 radical (unpaired) electrons. The number of fused-ring (bicyclic) bond motifs is 1. The molecule has 0 saturated carbocycles. The van der Waals surface area contributed by atoms with Gasteiger partial charge < -0.3 is 16.0 Å². The van der Waals surface area contributed by atoms with Crippen molar-refractivity contribution in [3.8, 4) is 0 Å². The molecule has 1 heterocycles. The number of aromatic amines is 1. The van der Waals surface area contributed by atoms with E-state index in [0.717, 1.165) is 6.54 Å². The monoisotopic (exact) mass is 189 g/mol.